The Morgan fingerprint density at radius 1 is 1.31 bits per heavy atom. The van der Waals surface area contributed by atoms with Gasteiger partial charge < -0.3 is 14.0 Å². The van der Waals surface area contributed by atoms with Crippen molar-refractivity contribution in [3.63, 3.8) is 0 Å². The van der Waals surface area contributed by atoms with E-state index in [1.165, 1.54) is 18.4 Å². The topological polar surface area (TPSA) is 58.6 Å². The molecule has 0 aromatic heterocycles. The van der Waals surface area contributed by atoms with Crippen LogP contribution in [0.4, 0.5) is 4.39 Å². The van der Waals surface area contributed by atoms with Crippen LogP contribution in [0.15, 0.2) is 11.5 Å². The zero-order valence-corrected chi connectivity index (χ0v) is 10.1. The third kappa shape index (κ3) is 11.6. The summed E-state index contributed by atoms with van der Waals surface area (Å²) in [5.41, 5.74) is 0. The molecule has 0 aliphatic rings. The molecule has 0 aliphatic heterocycles. The third-order valence-corrected chi connectivity index (χ3v) is 2.49. The number of alkyl halides is 1. The first-order valence-corrected chi connectivity index (χ1v) is 6.32. The molecule has 0 rings (SSSR count). The van der Waals surface area contributed by atoms with Gasteiger partial charge in [0.25, 0.3) is 0 Å². The Morgan fingerprint density at radius 2 is 1.94 bits per heavy atom. The molecule has 6 heteroatoms. The second kappa shape index (κ2) is 11.1. The Balaban J connectivity index is 3.27. The lowest BCUT2D eigenvalue weighted by Crippen LogP contribution is -2.13. The molecule has 0 heterocycles. The number of carbonyl (C=O) groups excluding carboxylic acids is 1. The van der Waals surface area contributed by atoms with E-state index in [2.05, 4.69) is 0 Å². The maximum atomic E-state index is 11.6. The van der Waals surface area contributed by atoms with Gasteiger partial charge in [0.15, 0.2) is 5.78 Å². The summed E-state index contributed by atoms with van der Waals surface area (Å²) in [7, 11) is 0. The van der Waals surface area contributed by atoms with Gasteiger partial charge >= 0.3 is 0 Å². The van der Waals surface area contributed by atoms with Crippen molar-refractivity contribution < 1.29 is 23.2 Å². The minimum Gasteiger partial charge on any atom is -0.612 e. The lowest BCUT2D eigenvalue weighted by atomic mass is 10.5. The quantitative estimate of drug-likeness (QED) is 0.328. The van der Waals surface area contributed by atoms with Crippen LogP contribution in [-0.2, 0) is 25.4 Å². The molecule has 16 heavy (non-hydrogen) atoms. The second-order valence-corrected chi connectivity index (χ2v) is 4.35. The Kier molecular flexibility index (Phi) is 10.8. The number of allylic oxidation sites excluding steroid dienone is 1. The third-order valence-electron chi connectivity index (χ3n) is 1.48. The van der Waals surface area contributed by atoms with Crippen molar-refractivity contribution >= 4 is 17.0 Å². The smallest absolute Gasteiger partial charge is 0.156 e. The van der Waals surface area contributed by atoms with Gasteiger partial charge in [-0.15, -0.1) is 0 Å². The molecule has 0 fully saturated rings. The van der Waals surface area contributed by atoms with Crippen molar-refractivity contribution in [3.05, 3.63) is 11.5 Å². The Labute approximate surface area is 98.0 Å². The van der Waals surface area contributed by atoms with Gasteiger partial charge in [-0.1, -0.05) is 0 Å². The molecule has 0 aliphatic carbocycles. The van der Waals surface area contributed by atoms with Crippen LogP contribution in [0, 0.1) is 0 Å². The SMILES string of the molecule is CC(=O)/C=C/[S+]([O-])CCOCCOCCF. The number of rotatable bonds is 10. The minimum atomic E-state index is -1.18. The van der Waals surface area contributed by atoms with Crippen LogP contribution < -0.4 is 0 Å². The van der Waals surface area contributed by atoms with Crippen LogP contribution in [-0.4, -0.2) is 49.2 Å². The summed E-state index contributed by atoms with van der Waals surface area (Å²) in [5.74, 6) is 0.210. The van der Waals surface area contributed by atoms with E-state index in [-0.39, 0.29) is 12.4 Å². The summed E-state index contributed by atoms with van der Waals surface area (Å²) < 4.78 is 32.7. The summed E-state index contributed by atoms with van der Waals surface area (Å²) in [4.78, 5) is 10.5. The molecule has 1 atom stereocenters. The highest BCUT2D eigenvalue weighted by Gasteiger charge is 2.01. The number of carbonyl (C=O) groups is 1. The number of ketones is 1. The van der Waals surface area contributed by atoms with E-state index in [1.54, 1.807) is 0 Å². The highest BCUT2D eigenvalue weighted by molar-refractivity contribution is 7.94. The highest BCUT2D eigenvalue weighted by Crippen LogP contribution is 1.94. The van der Waals surface area contributed by atoms with Gasteiger partial charge in [-0.2, -0.15) is 0 Å². The van der Waals surface area contributed by atoms with Crippen LogP contribution in [0.25, 0.3) is 0 Å². The Morgan fingerprint density at radius 3 is 2.50 bits per heavy atom. The molecule has 0 amide bonds. The molecule has 0 aromatic carbocycles. The van der Waals surface area contributed by atoms with Crippen molar-refractivity contribution in [2.24, 2.45) is 0 Å². The number of hydrogen-bond donors (Lipinski definition) is 0. The van der Waals surface area contributed by atoms with E-state index in [0.29, 0.717) is 25.6 Å². The predicted molar refractivity (Wildman–Crippen MR) is 60.4 cm³/mol. The molecule has 1 unspecified atom stereocenters. The summed E-state index contributed by atoms with van der Waals surface area (Å²) in [5, 5.41) is 1.35. The molecule has 4 nitrogen and oxygen atoms in total. The van der Waals surface area contributed by atoms with E-state index in [9.17, 15) is 13.7 Å². The van der Waals surface area contributed by atoms with E-state index in [0.717, 1.165) is 0 Å². The molecular formula is C10H17FO4S. The van der Waals surface area contributed by atoms with E-state index < -0.39 is 17.9 Å². The fraction of sp³-hybridized carbons (Fsp3) is 0.700. The fourth-order valence-electron chi connectivity index (χ4n) is 0.757. The summed E-state index contributed by atoms with van der Waals surface area (Å²) >= 11 is -1.18. The average molecular weight is 252 g/mol. The van der Waals surface area contributed by atoms with E-state index in [1.807, 2.05) is 0 Å². The monoisotopic (exact) mass is 252 g/mol. The zero-order valence-electron chi connectivity index (χ0n) is 9.32. The molecular weight excluding hydrogens is 235 g/mol. The summed E-state index contributed by atoms with van der Waals surface area (Å²) in [6, 6.07) is 0. The maximum Gasteiger partial charge on any atom is 0.156 e. The largest absolute Gasteiger partial charge is 0.612 e. The summed E-state index contributed by atoms with van der Waals surface area (Å²) in [6.45, 7) is 1.99. The molecule has 0 aromatic rings. The number of halogens is 1. The van der Waals surface area contributed by atoms with E-state index >= 15 is 0 Å². The molecule has 0 saturated heterocycles. The summed E-state index contributed by atoms with van der Waals surface area (Å²) in [6.07, 6.45) is 1.28. The normalized spacial score (nSPS) is 13.2. The lowest BCUT2D eigenvalue weighted by molar-refractivity contribution is -0.112. The van der Waals surface area contributed by atoms with Gasteiger partial charge in [0.05, 0.1) is 26.4 Å². The van der Waals surface area contributed by atoms with Gasteiger partial charge in [0, 0.05) is 6.08 Å². The van der Waals surface area contributed by atoms with Crippen LogP contribution in [0.1, 0.15) is 6.92 Å². The molecule has 0 N–H and O–H groups in total. The first kappa shape index (κ1) is 15.6. The van der Waals surface area contributed by atoms with Crippen molar-refractivity contribution in [1.29, 1.82) is 0 Å². The maximum absolute atomic E-state index is 11.6. The molecule has 0 bridgehead atoms. The molecule has 0 radical (unpaired) electrons. The van der Waals surface area contributed by atoms with Crippen molar-refractivity contribution in [1.82, 2.24) is 0 Å². The van der Waals surface area contributed by atoms with Crippen molar-refractivity contribution in [2.75, 3.05) is 38.9 Å². The zero-order chi connectivity index (χ0) is 12.2. The minimum absolute atomic E-state index is 0.0800. The Bertz CT molecular complexity index is 211. The van der Waals surface area contributed by atoms with Crippen molar-refractivity contribution in [3.8, 4) is 0 Å². The van der Waals surface area contributed by atoms with Gasteiger partial charge in [-0.05, 0) is 18.1 Å². The van der Waals surface area contributed by atoms with Gasteiger partial charge in [-0.3, -0.25) is 4.79 Å². The van der Waals surface area contributed by atoms with E-state index in [4.69, 9.17) is 9.47 Å². The molecule has 94 valence electrons. The van der Waals surface area contributed by atoms with Crippen molar-refractivity contribution in [2.45, 2.75) is 6.92 Å². The van der Waals surface area contributed by atoms with Gasteiger partial charge in [0.1, 0.15) is 17.8 Å². The second-order valence-electron chi connectivity index (χ2n) is 2.91. The predicted octanol–water partition coefficient (Wildman–Crippen LogP) is 0.840. The number of hydrogen-bond acceptors (Lipinski definition) is 4. The first-order valence-electron chi connectivity index (χ1n) is 4.94. The van der Waals surface area contributed by atoms with Crippen LogP contribution in [0.3, 0.4) is 0 Å². The first-order chi connectivity index (χ1) is 7.66. The Hall–Kier alpha value is -0.430. The standard InChI is InChI=1S/C10H17FO4S/c1-10(12)2-8-16(13)9-7-15-6-5-14-4-3-11/h2,8H,3-7,9H2,1H3/b8-2+. The average Bonchev–Trinajstić information content (AvgIpc) is 2.25. The fourth-order valence-corrected chi connectivity index (χ4v) is 1.52. The van der Waals surface area contributed by atoms with Crippen LogP contribution >= 0.6 is 0 Å². The highest BCUT2D eigenvalue weighted by atomic mass is 32.2. The molecule has 0 saturated carbocycles. The van der Waals surface area contributed by atoms with Crippen LogP contribution in [0.5, 0.6) is 0 Å². The number of ether oxygens (including phenoxy) is 2. The van der Waals surface area contributed by atoms with Gasteiger partial charge in [-0.25, -0.2) is 4.39 Å². The lowest BCUT2D eigenvalue weighted by Gasteiger charge is -2.06. The molecule has 0 spiro atoms. The van der Waals surface area contributed by atoms with Crippen LogP contribution in [0.2, 0.25) is 0 Å². The van der Waals surface area contributed by atoms with Gasteiger partial charge in [0.2, 0.25) is 0 Å².